The number of hydrogen-bond donors (Lipinski definition) is 0. The van der Waals surface area contributed by atoms with Crippen LogP contribution in [0.15, 0.2) is 30.9 Å². The lowest BCUT2D eigenvalue weighted by molar-refractivity contribution is -0.156. The summed E-state index contributed by atoms with van der Waals surface area (Å²) < 4.78 is 5.61. The fraction of sp³-hybridized carbons (Fsp3) is 0.526. The lowest BCUT2D eigenvalue weighted by Gasteiger charge is -2.25. The lowest BCUT2D eigenvalue weighted by Crippen LogP contribution is -2.28. The maximum Gasteiger partial charge on any atom is 0.313 e. The summed E-state index contributed by atoms with van der Waals surface area (Å²) in [6.45, 7) is 13.7. The van der Waals surface area contributed by atoms with Gasteiger partial charge in [0.25, 0.3) is 0 Å². The van der Waals surface area contributed by atoms with E-state index in [-0.39, 0.29) is 11.9 Å². The normalized spacial score (nSPS) is 12.8. The summed E-state index contributed by atoms with van der Waals surface area (Å²) in [4.78, 5) is 12.6. The van der Waals surface area contributed by atoms with E-state index in [2.05, 4.69) is 38.6 Å². The van der Waals surface area contributed by atoms with Crippen LogP contribution in [0, 0.1) is 6.92 Å². The molecule has 1 atom stereocenters. The number of allylic oxidation sites excluding steroid dienone is 1. The molecule has 2 heteroatoms. The summed E-state index contributed by atoms with van der Waals surface area (Å²) in [5.74, 6) is -0.352. The molecular formula is C19H28O2. The molecule has 21 heavy (non-hydrogen) atoms. The van der Waals surface area contributed by atoms with Crippen molar-refractivity contribution in [3.8, 4) is 0 Å². The molecule has 1 aromatic rings. The minimum atomic E-state index is -0.459. The molecule has 0 aromatic heterocycles. The highest BCUT2D eigenvalue weighted by Crippen LogP contribution is 2.29. The molecule has 1 aromatic carbocycles. The van der Waals surface area contributed by atoms with Gasteiger partial charge < -0.3 is 4.74 Å². The van der Waals surface area contributed by atoms with Crippen molar-refractivity contribution in [3.63, 3.8) is 0 Å². The number of carbonyl (C=O) groups is 1. The van der Waals surface area contributed by atoms with E-state index in [1.165, 1.54) is 5.56 Å². The molecule has 0 saturated heterocycles. The van der Waals surface area contributed by atoms with Crippen molar-refractivity contribution in [2.24, 2.45) is 0 Å². The number of rotatable bonds is 6. The molecule has 0 saturated carbocycles. The van der Waals surface area contributed by atoms with Crippen LogP contribution in [0.3, 0.4) is 0 Å². The number of hydrogen-bond acceptors (Lipinski definition) is 2. The number of aryl methyl sites for hydroxylation is 2. The van der Waals surface area contributed by atoms with Crippen molar-refractivity contribution >= 4 is 5.97 Å². The Morgan fingerprint density at radius 3 is 2.57 bits per heavy atom. The Kier molecular flexibility index (Phi) is 6.19. The summed E-state index contributed by atoms with van der Waals surface area (Å²) >= 11 is 0. The van der Waals surface area contributed by atoms with Gasteiger partial charge in [-0.05, 0) is 63.6 Å². The third-order valence-corrected chi connectivity index (χ3v) is 3.48. The van der Waals surface area contributed by atoms with Crippen LogP contribution in [0.1, 0.15) is 63.1 Å². The van der Waals surface area contributed by atoms with Gasteiger partial charge in [-0.2, -0.15) is 0 Å². The maximum absolute atomic E-state index is 12.6. The third kappa shape index (κ3) is 5.37. The molecule has 0 aliphatic rings. The molecule has 0 heterocycles. The van der Waals surface area contributed by atoms with Gasteiger partial charge in [-0.1, -0.05) is 31.2 Å². The van der Waals surface area contributed by atoms with Gasteiger partial charge >= 0.3 is 5.97 Å². The van der Waals surface area contributed by atoms with Crippen LogP contribution in [-0.4, -0.2) is 11.6 Å². The minimum Gasteiger partial charge on any atom is -0.459 e. The zero-order valence-electron chi connectivity index (χ0n) is 14.0. The summed E-state index contributed by atoms with van der Waals surface area (Å²) in [7, 11) is 0. The minimum absolute atomic E-state index is 0.138. The Hall–Kier alpha value is -1.57. The van der Waals surface area contributed by atoms with Crippen LogP contribution in [0.4, 0.5) is 0 Å². The average molecular weight is 288 g/mol. The van der Waals surface area contributed by atoms with E-state index >= 15 is 0 Å². The van der Waals surface area contributed by atoms with Gasteiger partial charge in [0.05, 0.1) is 5.92 Å². The Morgan fingerprint density at radius 1 is 1.38 bits per heavy atom. The molecule has 1 rings (SSSR count). The third-order valence-electron chi connectivity index (χ3n) is 3.48. The molecule has 0 fully saturated rings. The van der Waals surface area contributed by atoms with E-state index in [0.29, 0.717) is 0 Å². The highest BCUT2D eigenvalue weighted by Gasteiger charge is 2.27. The second-order valence-corrected chi connectivity index (χ2v) is 6.50. The average Bonchev–Trinajstić information content (AvgIpc) is 2.39. The quantitative estimate of drug-likeness (QED) is 0.547. The van der Waals surface area contributed by atoms with Gasteiger partial charge in [-0.15, -0.1) is 6.58 Å². The Balaban J connectivity index is 3.12. The number of benzene rings is 1. The molecule has 116 valence electrons. The van der Waals surface area contributed by atoms with Crippen molar-refractivity contribution in [2.75, 3.05) is 0 Å². The Morgan fingerprint density at radius 2 is 2.05 bits per heavy atom. The first-order valence-corrected chi connectivity index (χ1v) is 7.71. The predicted molar refractivity (Wildman–Crippen MR) is 88.6 cm³/mol. The van der Waals surface area contributed by atoms with E-state index < -0.39 is 5.60 Å². The van der Waals surface area contributed by atoms with Gasteiger partial charge in [-0.25, -0.2) is 0 Å². The molecule has 0 radical (unpaired) electrons. The van der Waals surface area contributed by atoms with E-state index in [1.54, 1.807) is 0 Å². The molecule has 2 nitrogen and oxygen atoms in total. The van der Waals surface area contributed by atoms with Crippen molar-refractivity contribution in [1.82, 2.24) is 0 Å². The van der Waals surface area contributed by atoms with Crippen LogP contribution in [0.25, 0.3) is 0 Å². The van der Waals surface area contributed by atoms with Crippen LogP contribution >= 0.6 is 0 Å². The van der Waals surface area contributed by atoms with Crippen LogP contribution in [0.5, 0.6) is 0 Å². The summed E-state index contributed by atoms with van der Waals surface area (Å²) in [5, 5.41) is 0. The Labute approximate surface area is 129 Å². The summed E-state index contributed by atoms with van der Waals surface area (Å²) in [6, 6.07) is 6.37. The van der Waals surface area contributed by atoms with Crippen molar-refractivity contribution in [1.29, 1.82) is 0 Å². The smallest absolute Gasteiger partial charge is 0.313 e. The fourth-order valence-electron chi connectivity index (χ4n) is 2.34. The van der Waals surface area contributed by atoms with Crippen LogP contribution in [-0.2, 0) is 16.0 Å². The van der Waals surface area contributed by atoms with Gasteiger partial charge in [0.2, 0.25) is 0 Å². The molecule has 0 N–H and O–H groups in total. The Bertz CT molecular complexity index is 495. The molecule has 0 amide bonds. The number of carbonyl (C=O) groups excluding carboxylic acids is 1. The predicted octanol–water partition coefficient (Wildman–Crippen LogP) is 4.95. The van der Waals surface area contributed by atoms with Crippen molar-refractivity contribution < 1.29 is 9.53 Å². The van der Waals surface area contributed by atoms with E-state index in [9.17, 15) is 4.79 Å². The molecular weight excluding hydrogens is 260 g/mol. The standard InChI is InChI=1S/C19H28O2/c1-7-9-10-16(18(20)21-19(4,5)6)17-13-15(8-2)12-11-14(17)3/h7,11-13,16H,1,8-10H2,2-6H3. The second-order valence-electron chi connectivity index (χ2n) is 6.50. The largest absolute Gasteiger partial charge is 0.459 e. The van der Waals surface area contributed by atoms with Gasteiger partial charge in [0.1, 0.15) is 5.60 Å². The van der Waals surface area contributed by atoms with Crippen molar-refractivity contribution in [2.45, 2.75) is 65.4 Å². The van der Waals surface area contributed by atoms with Gasteiger partial charge in [0, 0.05) is 0 Å². The lowest BCUT2D eigenvalue weighted by atomic mass is 9.89. The summed E-state index contributed by atoms with van der Waals surface area (Å²) in [5.41, 5.74) is 3.03. The fourth-order valence-corrected chi connectivity index (χ4v) is 2.34. The topological polar surface area (TPSA) is 26.3 Å². The zero-order valence-corrected chi connectivity index (χ0v) is 14.0. The molecule has 0 spiro atoms. The second kappa shape index (κ2) is 7.44. The van der Waals surface area contributed by atoms with Gasteiger partial charge in [-0.3, -0.25) is 4.79 Å². The highest BCUT2D eigenvalue weighted by atomic mass is 16.6. The highest BCUT2D eigenvalue weighted by molar-refractivity contribution is 5.79. The van der Waals surface area contributed by atoms with E-state index in [4.69, 9.17) is 4.74 Å². The number of ether oxygens (including phenoxy) is 1. The van der Waals surface area contributed by atoms with Crippen LogP contribution in [0.2, 0.25) is 0 Å². The van der Waals surface area contributed by atoms with E-state index in [1.807, 2.05) is 26.8 Å². The zero-order chi connectivity index (χ0) is 16.0. The van der Waals surface area contributed by atoms with E-state index in [0.717, 1.165) is 30.4 Å². The maximum atomic E-state index is 12.6. The molecule has 0 aliphatic carbocycles. The first-order valence-electron chi connectivity index (χ1n) is 7.71. The number of esters is 1. The molecule has 0 bridgehead atoms. The first-order chi connectivity index (χ1) is 9.78. The van der Waals surface area contributed by atoms with Crippen molar-refractivity contribution in [3.05, 3.63) is 47.5 Å². The molecule has 1 unspecified atom stereocenters. The van der Waals surface area contributed by atoms with Gasteiger partial charge in [0.15, 0.2) is 0 Å². The summed E-state index contributed by atoms with van der Waals surface area (Å²) in [6.07, 6.45) is 4.37. The first kappa shape index (κ1) is 17.5. The molecule has 0 aliphatic heterocycles. The van der Waals surface area contributed by atoms with Crippen LogP contribution < -0.4 is 0 Å². The SMILES string of the molecule is C=CCCC(C(=O)OC(C)(C)C)c1cc(CC)ccc1C. The monoisotopic (exact) mass is 288 g/mol.